The van der Waals surface area contributed by atoms with Crippen LogP contribution in [0.5, 0.6) is 0 Å². The van der Waals surface area contributed by atoms with Crippen LogP contribution in [0.4, 0.5) is 0 Å². The second kappa shape index (κ2) is 3.31. The van der Waals surface area contributed by atoms with E-state index in [1.807, 2.05) is 6.33 Å². The van der Waals surface area contributed by atoms with Crippen molar-refractivity contribution in [3.8, 4) is 0 Å². The normalized spacial score (nSPS) is 36.6. The minimum absolute atomic E-state index is 0.457. The van der Waals surface area contributed by atoms with Gasteiger partial charge in [-0.05, 0) is 19.3 Å². The molecule has 3 aliphatic heterocycles. The molecule has 2 saturated heterocycles. The van der Waals surface area contributed by atoms with Gasteiger partial charge in [-0.15, -0.1) is 0 Å². The highest BCUT2D eigenvalue weighted by Crippen LogP contribution is 2.42. The summed E-state index contributed by atoms with van der Waals surface area (Å²) < 4.78 is 8.34. The molecule has 0 amide bonds. The molecule has 3 atom stereocenters. The lowest BCUT2D eigenvalue weighted by Gasteiger charge is -2.24. The van der Waals surface area contributed by atoms with Gasteiger partial charge in [0.15, 0.2) is 0 Å². The topological polar surface area (TPSA) is 39.1 Å². The summed E-state index contributed by atoms with van der Waals surface area (Å²) in [6.07, 6.45) is 7.82. The van der Waals surface area contributed by atoms with Crippen molar-refractivity contribution in [3.05, 3.63) is 17.7 Å². The molecule has 0 saturated carbocycles. The maximum Gasteiger partial charge on any atom is 0.0955 e. The third-order valence-electron chi connectivity index (χ3n) is 4.25. The van der Waals surface area contributed by atoms with Crippen molar-refractivity contribution >= 4 is 0 Å². The average Bonchev–Trinajstić information content (AvgIpc) is 3.03. The highest BCUT2D eigenvalue weighted by atomic mass is 16.5. The van der Waals surface area contributed by atoms with Crippen LogP contribution in [0.25, 0.3) is 0 Å². The summed E-state index contributed by atoms with van der Waals surface area (Å²) >= 11 is 0. The van der Waals surface area contributed by atoms with Crippen LogP contribution < -0.4 is 5.32 Å². The summed E-state index contributed by atoms with van der Waals surface area (Å²) in [7, 11) is 0. The molecule has 3 unspecified atom stereocenters. The first kappa shape index (κ1) is 9.19. The molecule has 1 aromatic rings. The van der Waals surface area contributed by atoms with Crippen molar-refractivity contribution in [2.75, 3.05) is 6.54 Å². The van der Waals surface area contributed by atoms with E-state index in [1.165, 1.54) is 30.7 Å². The Morgan fingerprint density at radius 1 is 1.44 bits per heavy atom. The Kier molecular flexibility index (Phi) is 1.90. The van der Waals surface area contributed by atoms with E-state index in [0.717, 1.165) is 19.5 Å². The Labute approximate surface area is 95.0 Å². The first-order chi connectivity index (χ1) is 7.92. The number of ether oxygens (including phenoxy) is 1. The molecule has 4 rings (SSSR count). The van der Waals surface area contributed by atoms with E-state index in [9.17, 15) is 0 Å². The molecule has 4 heteroatoms. The molecule has 4 nitrogen and oxygen atoms in total. The van der Waals surface area contributed by atoms with Crippen molar-refractivity contribution in [2.24, 2.45) is 0 Å². The fourth-order valence-electron chi connectivity index (χ4n) is 3.45. The molecule has 1 aromatic heterocycles. The molecule has 2 fully saturated rings. The molecular weight excluding hydrogens is 202 g/mol. The SMILES string of the molecule is c1nc2c(n1C1CC3CCC1O3)CCNC2. The molecule has 3 aliphatic rings. The number of imidazole rings is 1. The van der Waals surface area contributed by atoms with Gasteiger partial charge in [0.1, 0.15) is 0 Å². The van der Waals surface area contributed by atoms with Crippen LogP contribution in [0.15, 0.2) is 6.33 Å². The van der Waals surface area contributed by atoms with Crippen LogP contribution in [-0.2, 0) is 17.7 Å². The van der Waals surface area contributed by atoms with Gasteiger partial charge in [0.2, 0.25) is 0 Å². The minimum Gasteiger partial charge on any atom is -0.373 e. The molecular formula is C12H17N3O. The van der Waals surface area contributed by atoms with Crippen molar-refractivity contribution < 1.29 is 4.74 Å². The zero-order chi connectivity index (χ0) is 10.5. The van der Waals surface area contributed by atoms with Gasteiger partial charge in [0, 0.05) is 25.2 Å². The number of nitrogens with zero attached hydrogens (tertiary/aromatic N) is 2. The van der Waals surface area contributed by atoms with Gasteiger partial charge in [0.25, 0.3) is 0 Å². The molecule has 0 aromatic carbocycles. The first-order valence-corrected chi connectivity index (χ1v) is 6.32. The zero-order valence-corrected chi connectivity index (χ0v) is 9.35. The van der Waals surface area contributed by atoms with Crippen molar-refractivity contribution in [1.82, 2.24) is 14.9 Å². The van der Waals surface area contributed by atoms with Crippen LogP contribution >= 0.6 is 0 Å². The van der Waals surface area contributed by atoms with E-state index < -0.39 is 0 Å². The summed E-state index contributed by atoms with van der Waals surface area (Å²) in [5, 5.41) is 3.37. The summed E-state index contributed by atoms with van der Waals surface area (Å²) in [5.41, 5.74) is 2.69. The molecule has 4 heterocycles. The van der Waals surface area contributed by atoms with Crippen molar-refractivity contribution in [3.63, 3.8) is 0 Å². The number of rotatable bonds is 1. The molecule has 0 radical (unpaired) electrons. The van der Waals surface area contributed by atoms with Gasteiger partial charge in [-0.25, -0.2) is 4.98 Å². The first-order valence-electron chi connectivity index (χ1n) is 6.32. The van der Waals surface area contributed by atoms with Gasteiger partial charge in [-0.1, -0.05) is 0 Å². The third kappa shape index (κ3) is 1.20. The second-order valence-corrected chi connectivity index (χ2v) is 5.15. The smallest absolute Gasteiger partial charge is 0.0955 e. The van der Waals surface area contributed by atoms with Crippen molar-refractivity contribution in [1.29, 1.82) is 0 Å². The maximum atomic E-state index is 5.94. The number of hydrogen-bond acceptors (Lipinski definition) is 3. The fourth-order valence-corrected chi connectivity index (χ4v) is 3.45. The Hall–Kier alpha value is -0.870. The van der Waals surface area contributed by atoms with Gasteiger partial charge in [-0.3, -0.25) is 0 Å². The lowest BCUT2D eigenvalue weighted by Crippen LogP contribution is -2.28. The summed E-state index contributed by atoms with van der Waals surface area (Å²) in [4.78, 5) is 4.53. The van der Waals surface area contributed by atoms with Gasteiger partial charge in [0.05, 0.1) is 30.3 Å². The summed E-state index contributed by atoms with van der Waals surface area (Å²) in [6, 6.07) is 0.563. The molecule has 86 valence electrons. The Morgan fingerprint density at radius 3 is 3.25 bits per heavy atom. The third-order valence-corrected chi connectivity index (χ3v) is 4.25. The van der Waals surface area contributed by atoms with Crippen LogP contribution in [-0.4, -0.2) is 28.3 Å². The number of hydrogen-bond donors (Lipinski definition) is 1. The lowest BCUT2D eigenvalue weighted by atomic mass is 9.95. The molecule has 16 heavy (non-hydrogen) atoms. The van der Waals surface area contributed by atoms with E-state index >= 15 is 0 Å². The standard InChI is InChI=1S/C12H17N3O/c1-2-12-11(5-8(1)16-12)15-7-14-9-6-13-4-3-10(9)15/h7-8,11-13H,1-6H2. The highest BCUT2D eigenvalue weighted by Gasteiger charge is 2.42. The number of nitrogens with one attached hydrogen (secondary N) is 1. The van der Waals surface area contributed by atoms with Crippen LogP contribution in [0, 0.1) is 0 Å². The van der Waals surface area contributed by atoms with Crippen molar-refractivity contribution in [2.45, 2.75) is 50.5 Å². The Bertz CT molecular complexity index is 414. The van der Waals surface area contributed by atoms with Gasteiger partial charge >= 0.3 is 0 Å². The highest BCUT2D eigenvalue weighted by molar-refractivity contribution is 5.18. The number of aromatic nitrogens is 2. The van der Waals surface area contributed by atoms with E-state index in [4.69, 9.17) is 4.74 Å². The van der Waals surface area contributed by atoms with E-state index in [-0.39, 0.29) is 0 Å². The predicted molar refractivity (Wildman–Crippen MR) is 59.2 cm³/mol. The minimum atomic E-state index is 0.457. The largest absolute Gasteiger partial charge is 0.373 e. The second-order valence-electron chi connectivity index (χ2n) is 5.15. The maximum absolute atomic E-state index is 5.94. The van der Waals surface area contributed by atoms with E-state index in [2.05, 4.69) is 14.9 Å². The van der Waals surface area contributed by atoms with Gasteiger partial charge in [-0.2, -0.15) is 0 Å². The average molecular weight is 219 g/mol. The van der Waals surface area contributed by atoms with Gasteiger partial charge < -0.3 is 14.6 Å². The van der Waals surface area contributed by atoms with E-state index in [0.29, 0.717) is 18.2 Å². The molecule has 0 aliphatic carbocycles. The Morgan fingerprint density at radius 2 is 2.44 bits per heavy atom. The summed E-state index contributed by atoms with van der Waals surface area (Å²) in [6.45, 7) is 2.02. The van der Waals surface area contributed by atoms with E-state index in [1.54, 1.807) is 0 Å². The quantitative estimate of drug-likeness (QED) is 0.766. The molecule has 2 bridgehead atoms. The predicted octanol–water partition coefficient (Wildman–Crippen LogP) is 1.02. The Balaban J connectivity index is 1.69. The van der Waals surface area contributed by atoms with Crippen LogP contribution in [0.1, 0.15) is 36.7 Å². The lowest BCUT2D eigenvalue weighted by molar-refractivity contribution is 0.0934. The number of fused-ring (bicyclic) bond motifs is 3. The molecule has 1 N–H and O–H groups in total. The monoisotopic (exact) mass is 219 g/mol. The fraction of sp³-hybridized carbons (Fsp3) is 0.750. The molecule has 0 spiro atoms. The van der Waals surface area contributed by atoms with Crippen LogP contribution in [0.2, 0.25) is 0 Å². The summed E-state index contributed by atoms with van der Waals surface area (Å²) in [5.74, 6) is 0. The van der Waals surface area contributed by atoms with Crippen LogP contribution in [0.3, 0.4) is 0 Å². The zero-order valence-electron chi connectivity index (χ0n) is 9.35.